The third-order valence-electron chi connectivity index (χ3n) is 4.28. The number of aromatic nitrogens is 2. The van der Waals surface area contributed by atoms with Gasteiger partial charge in [-0.2, -0.15) is 0 Å². The van der Waals surface area contributed by atoms with E-state index in [-0.39, 0.29) is 24.1 Å². The van der Waals surface area contributed by atoms with Gasteiger partial charge in [-0.05, 0) is 18.6 Å². The molecule has 0 N–H and O–H groups in total. The zero-order chi connectivity index (χ0) is 16.2. The maximum Gasteiger partial charge on any atom is 0.269 e. The van der Waals surface area contributed by atoms with Gasteiger partial charge in [-0.15, -0.1) is 0 Å². The van der Waals surface area contributed by atoms with Crippen LogP contribution in [0, 0.1) is 0 Å². The number of carbonyl (C=O) groups excluding carboxylic acids is 1. The van der Waals surface area contributed by atoms with Crippen LogP contribution in [0.25, 0.3) is 11.0 Å². The van der Waals surface area contributed by atoms with Crippen molar-refractivity contribution in [3.63, 3.8) is 0 Å². The van der Waals surface area contributed by atoms with Crippen LogP contribution in [0.3, 0.4) is 0 Å². The van der Waals surface area contributed by atoms with Gasteiger partial charge in [0.1, 0.15) is 6.54 Å². The molecule has 0 saturated heterocycles. The first-order valence-electron chi connectivity index (χ1n) is 8.11. The monoisotopic (exact) mass is 311 g/mol. The largest absolute Gasteiger partial charge is 0.331 e. The van der Waals surface area contributed by atoms with Gasteiger partial charge >= 0.3 is 0 Å². The summed E-state index contributed by atoms with van der Waals surface area (Å²) in [5, 5.41) is 0. The molecule has 2 heterocycles. The molecule has 5 nitrogen and oxygen atoms in total. The Morgan fingerprint density at radius 3 is 3.00 bits per heavy atom. The first-order chi connectivity index (χ1) is 11.2. The quantitative estimate of drug-likeness (QED) is 0.797. The molecule has 1 amide bonds. The van der Waals surface area contributed by atoms with Crippen LogP contribution < -0.4 is 5.56 Å². The van der Waals surface area contributed by atoms with Crippen LogP contribution in [0.2, 0.25) is 0 Å². The van der Waals surface area contributed by atoms with Gasteiger partial charge in [-0.25, -0.2) is 4.98 Å². The minimum Gasteiger partial charge on any atom is -0.331 e. The minimum atomic E-state index is -0.241. The highest BCUT2D eigenvalue weighted by Crippen LogP contribution is 2.17. The first-order valence-corrected chi connectivity index (χ1v) is 8.11. The normalized spacial score (nSPS) is 17.1. The molecule has 23 heavy (non-hydrogen) atoms. The highest BCUT2D eigenvalue weighted by atomic mass is 16.2. The lowest BCUT2D eigenvalue weighted by atomic mass is 10.1. The summed E-state index contributed by atoms with van der Waals surface area (Å²) >= 11 is 0. The van der Waals surface area contributed by atoms with Gasteiger partial charge in [-0.3, -0.25) is 14.2 Å². The third kappa shape index (κ3) is 3.18. The van der Waals surface area contributed by atoms with E-state index in [0.29, 0.717) is 12.1 Å². The highest BCUT2D eigenvalue weighted by Gasteiger charge is 2.24. The summed E-state index contributed by atoms with van der Waals surface area (Å²) in [5.41, 5.74) is 1.18. The molecule has 0 radical (unpaired) electrons. The molecular formula is C18H21N3O2. The molecule has 0 fully saturated rings. The van der Waals surface area contributed by atoms with E-state index >= 15 is 0 Å². The van der Waals surface area contributed by atoms with Crippen LogP contribution in [0.4, 0.5) is 0 Å². The molecular weight excluding hydrogens is 290 g/mol. The van der Waals surface area contributed by atoms with E-state index in [1.807, 2.05) is 35.2 Å². The van der Waals surface area contributed by atoms with Crippen LogP contribution >= 0.6 is 0 Å². The van der Waals surface area contributed by atoms with Crippen LogP contribution in [0.15, 0.2) is 47.4 Å². The van der Waals surface area contributed by atoms with Crippen LogP contribution in [0.5, 0.6) is 0 Å². The number of para-hydroxylation sites is 2. The lowest BCUT2D eigenvalue weighted by Crippen LogP contribution is -2.40. The maximum atomic E-state index is 12.7. The van der Waals surface area contributed by atoms with Gasteiger partial charge in [0.05, 0.1) is 23.3 Å². The zero-order valence-electron chi connectivity index (χ0n) is 13.3. The summed E-state index contributed by atoms with van der Waals surface area (Å²) in [6, 6.07) is 7.56. The van der Waals surface area contributed by atoms with E-state index in [1.165, 1.54) is 10.8 Å². The molecule has 0 aliphatic carbocycles. The van der Waals surface area contributed by atoms with Crippen molar-refractivity contribution in [1.82, 2.24) is 14.5 Å². The number of carbonyl (C=O) groups is 1. The lowest BCUT2D eigenvalue weighted by molar-refractivity contribution is -0.132. The summed E-state index contributed by atoms with van der Waals surface area (Å²) in [6.45, 7) is 2.84. The van der Waals surface area contributed by atoms with Crippen molar-refractivity contribution >= 4 is 16.9 Å². The molecule has 1 atom stereocenters. The van der Waals surface area contributed by atoms with Gasteiger partial charge in [0.25, 0.3) is 5.56 Å². The maximum absolute atomic E-state index is 12.7. The van der Waals surface area contributed by atoms with Crippen LogP contribution in [-0.2, 0) is 11.3 Å². The van der Waals surface area contributed by atoms with Gasteiger partial charge in [0, 0.05) is 6.54 Å². The number of amides is 1. The van der Waals surface area contributed by atoms with E-state index in [0.717, 1.165) is 24.8 Å². The number of hydrogen-bond acceptors (Lipinski definition) is 3. The molecule has 2 aromatic rings. The molecule has 0 bridgehead atoms. The second-order valence-electron chi connectivity index (χ2n) is 5.86. The summed E-state index contributed by atoms with van der Waals surface area (Å²) in [5.74, 6) is -0.0189. The average Bonchev–Trinajstić information content (AvgIpc) is 3.04. The van der Waals surface area contributed by atoms with Crippen molar-refractivity contribution in [3.05, 3.63) is 53.0 Å². The average molecular weight is 311 g/mol. The number of nitrogens with zero attached hydrogens (tertiary/aromatic N) is 3. The summed E-state index contributed by atoms with van der Waals surface area (Å²) in [6.07, 6.45) is 8.60. The third-order valence-corrected chi connectivity index (χ3v) is 4.28. The van der Waals surface area contributed by atoms with E-state index < -0.39 is 0 Å². The highest BCUT2D eigenvalue weighted by molar-refractivity contribution is 5.80. The topological polar surface area (TPSA) is 55.2 Å². The summed E-state index contributed by atoms with van der Waals surface area (Å²) < 4.78 is 1.51. The Balaban J connectivity index is 1.83. The van der Waals surface area contributed by atoms with Gasteiger partial charge < -0.3 is 4.90 Å². The van der Waals surface area contributed by atoms with Gasteiger partial charge in [-0.1, -0.05) is 44.1 Å². The number of unbranched alkanes of at least 4 members (excludes halogenated alkanes) is 1. The zero-order valence-corrected chi connectivity index (χ0v) is 13.3. The molecule has 1 aliphatic heterocycles. The molecule has 1 aromatic heterocycles. The molecule has 1 aromatic carbocycles. The Morgan fingerprint density at radius 2 is 2.17 bits per heavy atom. The van der Waals surface area contributed by atoms with Gasteiger partial charge in [0.2, 0.25) is 5.91 Å². The fraction of sp³-hybridized carbons (Fsp3) is 0.389. The Hall–Kier alpha value is -2.43. The Kier molecular flexibility index (Phi) is 4.55. The SMILES string of the molecule is CCCCC1C=CCN1C(=O)Cn1c(=O)cnc2ccccc21. The number of benzene rings is 1. The second-order valence-corrected chi connectivity index (χ2v) is 5.86. The minimum absolute atomic E-state index is 0.0189. The molecule has 3 rings (SSSR count). The lowest BCUT2D eigenvalue weighted by Gasteiger charge is -2.25. The predicted molar refractivity (Wildman–Crippen MR) is 90.2 cm³/mol. The Bertz CT molecular complexity index is 794. The van der Waals surface area contributed by atoms with Crippen molar-refractivity contribution in [3.8, 4) is 0 Å². The predicted octanol–water partition coefficient (Wildman–Crippen LogP) is 2.35. The Labute approximate surface area is 135 Å². The first kappa shape index (κ1) is 15.5. The summed E-state index contributed by atoms with van der Waals surface area (Å²) in [4.78, 5) is 30.8. The molecule has 0 saturated carbocycles. The van der Waals surface area contributed by atoms with Crippen LogP contribution in [0.1, 0.15) is 26.2 Å². The molecule has 120 valence electrons. The van der Waals surface area contributed by atoms with Crippen molar-refractivity contribution in [1.29, 1.82) is 0 Å². The molecule has 1 unspecified atom stereocenters. The van der Waals surface area contributed by atoms with E-state index in [2.05, 4.69) is 18.0 Å². The van der Waals surface area contributed by atoms with Crippen molar-refractivity contribution in [2.24, 2.45) is 0 Å². The van der Waals surface area contributed by atoms with E-state index in [9.17, 15) is 9.59 Å². The van der Waals surface area contributed by atoms with Crippen molar-refractivity contribution in [2.75, 3.05) is 6.54 Å². The smallest absolute Gasteiger partial charge is 0.269 e. The van der Waals surface area contributed by atoms with Crippen molar-refractivity contribution < 1.29 is 4.79 Å². The second kappa shape index (κ2) is 6.77. The van der Waals surface area contributed by atoms with Crippen LogP contribution in [-0.4, -0.2) is 32.9 Å². The molecule has 1 aliphatic rings. The number of hydrogen-bond donors (Lipinski definition) is 0. The standard InChI is InChI=1S/C18H21N3O2/c1-2-3-7-14-8-6-11-20(14)18(23)13-21-16-10-5-4-9-15(16)19-12-17(21)22/h4-6,8-10,12,14H,2-3,7,11,13H2,1H3. The number of rotatable bonds is 5. The van der Waals surface area contributed by atoms with Gasteiger partial charge in [0.15, 0.2) is 0 Å². The fourth-order valence-corrected chi connectivity index (χ4v) is 3.03. The van der Waals surface area contributed by atoms with Crippen molar-refractivity contribution in [2.45, 2.75) is 38.8 Å². The number of fused-ring (bicyclic) bond motifs is 1. The fourth-order valence-electron chi connectivity index (χ4n) is 3.03. The molecule has 5 heteroatoms. The molecule has 0 spiro atoms. The van der Waals surface area contributed by atoms with E-state index in [1.54, 1.807) is 0 Å². The summed E-state index contributed by atoms with van der Waals surface area (Å²) in [7, 11) is 0. The Morgan fingerprint density at radius 1 is 1.35 bits per heavy atom. The van der Waals surface area contributed by atoms with E-state index in [4.69, 9.17) is 0 Å².